The van der Waals surface area contributed by atoms with Crippen LogP contribution in [0.5, 0.6) is 0 Å². The molecular formula is C15H13N3O4S. The fourth-order valence-corrected chi connectivity index (χ4v) is 3.69. The predicted molar refractivity (Wildman–Crippen MR) is 84.9 cm³/mol. The van der Waals surface area contributed by atoms with Crippen LogP contribution < -0.4 is 0 Å². The van der Waals surface area contributed by atoms with Crippen molar-refractivity contribution in [2.24, 2.45) is 0 Å². The number of fused-ring (bicyclic) bond motifs is 1. The van der Waals surface area contributed by atoms with Crippen molar-refractivity contribution in [1.82, 2.24) is 8.96 Å². The number of hydrogen-bond donors (Lipinski definition) is 0. The highest BCUT2D eigenvalue weighted by molar-refractivity contribution is 7.90. The molecule has 2 aromatic heterocycles. The quantitative estimate of drug-likeness (QED) is 0.543. The first-order chi connectivity index (χ1) is 10.8. The Kier molecular flexibility index (Phi) is 3.41. The first-order valence-electron chi connectivity index (χ1n) is 6.75. The molecule has 2 heterocycles. The highest BCUT2D eigenvalue weighted by Gasteiger charge is 2.23. The van der Waals surface area contributed by atoms with Crippen LogP contribution in [0.1, 0.15) is 11.1 Å². The Hall–Kier alpha value is -2.74. The maximum Gasteiger partial charge on any atom is 0.291 e. The zero-order valence-corrected chi connectivity index (χ0v) is 13.2. The number of rotatable bonds is 3. The molecule has 3 aromatic rings. The van der Waals surface area contributed by atoms with Crippen molar-refractivity contribution in [2.45, 2.75) is 18.7 Å². The van der Waals surface area contributed by atoms with Crippen molar-refractivity contribution in [3.05, 3.63) is 64.0 Å². The van der Waals surface area contributed by atoms with Gasteiger partial charge in [-0.1, -0.05) is 17.7 Å². The summed E-state index contributed by atoms with van der Waals surface area (Å²) in [5.74, 6) is 0. The van der Waals surface area contributed by atoms with E-state index in [-0.39, 0.29) is 16.2 Å². The minimum Gasteiger partial charge on any atom is -0.258 e. The molecule has 0 aliphatic rings. The van der Waals surface area contributed by atoms with Crippen LogP contribution in [0, 0.1) is 24.0 Å². The van der Waals surface area contributed by atoms with Gasteiger partial charge in [-0.05, 0) is 32.0 Å². The van der Waals surface area contributed by atoms with Gasteiger partial charge in [-0.15, -0.1) is 0 Å². The SMILES string of the molecule is Cc1ccc(S(=O)(=O)n2ccc3c(C)c([N+](=O)[O-])cnc32)cc1. The molecule has 0 bridgehead atoms. The number of nitrogens with zero attached hydrogens (tertiary/aromatic N) is 3. The van der Waals surface area contributed by atoms with Crippen LogP contribution in [0.2, 0.25) is 0 Å². The van der Waals surface area contributed by atoms with Crippen molar-refractivity contribution in [3.63, 3.8) is 0 Å². The van der Waals surface area contributed by atoms with Crippen molar-refractivity contribution in [2.75, 3.05) is 0 Å². The van der Waals surface area contributed by atoms with Crippen molar-refractivity contribution in [3.8, 4) is 0 Å². The van der Waals surface area contributed by atoms with Crippen molar-refractivity contribution < 1.29 is 13.3 Å². The van der Waals surface area contributed by atoms with Gasteiger partial charge in [-0.25, -0.2) is 17.4 Å². The molecule has 0 spiro atoms. The lowest BCUT2D eigenvalue weighted by atomic mass is 10.2. The normalized spacial score (nSPS) is 11.7. The fraction of sp³-hybridized carbons (Fsp3) is 0.133. The number of aromatic nitrogens is 2. The van der Waals surface area contributed by atoms with Crippen LogP contribution in [0.3, 0.4) is 0 Å². The standard InChI is InChI=1S/C15H13N3O4S/c1-10-3-5-12(6-4-10)23(21,22)17-8-7-13-11(2)14(18(19)20)9-16-15(13)17/h3-9H,1-2H3. The summed E-state index contributed by atoms with van der Waals surface area (Å²) in [4.78, 5) is 14.5. The molecule has 7 nitrogen and oxygen atoms in total. The molecule has 0 saturated carbocycles. The van der Waals surface area contributed by atoms with Crippen LogP contribution in [-0.2, 0) is 10.0 Å². The average molecular weight is 331 g/mol. The molecule has 0 saturated heterocycles. The number of benzene rings is 1. The Morgan fingerprint density at radius 1 is 1.13 bits per heavy atom. The molecular weight excluding hydrogens is 318 g/mol. The van der Waals surface area contributed by atoms with Gasteiger partial charge in [0.05, 0.1) is 9.82 Å². The third kappa shape index (κ3) is 2.36. The van der Waals surface area contributed by atoms with E-state index < -0.39 is 14.9 Å². The highest BCUT2D eigenvalue weighted by Crippen LogP contribution is 2.28. The van der Waals surface area contributed by atoms with Gasteiger partial charge in [0, 0.05) is 17.1 Å². The van der Waals surface area contributed by atoms with Gasteiger partial charge in [0.1, 0.15) is 6.20 Å². The molecule has 23 heavy (non-hydrogen) atoms. The molecule has 0 unspecified atom stereocenters. The third-order valence-electron chi connectivity index (χ3n) is 3.70. The molecule has 0 aliphatic carbocycles. The predicted octanol–water partition coefficient (Wildman–Crippen LogP) is 2.80. The summed E-state index contributed by atoms with van der Waals surface area (Å²) in [5.41, 5.74) is 1.38. The summed E-state index contributed by atoms with van der Waals surface area (Å²) in [6, 6.07) is 7.99. The third-order valence-corrected chi connectivity index (χ3v) is 5.38. The van der Waals surface area contributed by atoms with Crippen LogP contribution in [0.25, 0.3) is 11.0 Å². The van der Waals surface area contributed by atoms with Crippen LogP contribution in [-0.4, -0.2) is 22.3 Å². The summed E-state index contributed by atoms with van der Waals surface area (Å²) in [6.07, 6.45) is 2.45. The second-order valence-corrected chi connectivity index (χ2v) is 7.01. The molecule has 3 rings (SSSR count). The number of aryl methyl sites for hydroxylation is 2. The maximum atomic E-state index is 12.7. The van der Waals surface area contributed by atoms with E-state index in [1.54, 1.807) is 19.1 Å². The molecule has 8 heteroatoms. The molecule has 0 aliphatic heterocycles. The van der Waals surface area contributed by atoms with Gasteiger partial charge in [-0.2, -0.15) is 0 Å². The van der Waals surface area contributed by atoms with Crippen LogP contribution >= 0.6 is 0 Å². The lowest BCUT2D eigenvalue weighted by molar-refractivity contribution is -0.385. The van der Waals surface area contributed by atoms with Crippen molar-refractivity contribution >= 4 is 26.7 Å². The molecule has 1 aromatic carbocycles. The van der Waals surface area contributed by atoms with E-state index >= 15 is 0 Å². The van der Waals surface area contributed by atoms with Crippen LogP contribution in [0.4, 0.5) is 5.69 Å². The molecule has 0 radical (unpaired) electrons. The van der Waals surface area contributed by atoms with Gasteiger partial charge < -0.3 is 0 Å². The minimum atomic E-state index is -3.80. The molecule has 0 fully saturated rings. The largest absolute Gasteiger partial charge is 0.291 e. The Labute approximate surface area is 132 Å². The Bertz CT molecular complexity index is 1020. The summed E-state index contributed by atoms with van der Waals surface area (Å²) >= 11 is 0. The van der Waals surface area contributed by atoms with Gasteiger partial charge >= 0.3 is 0 Å². The Balaban J connectivity index is 2.23. The van der Waals surface area contributed by atoms with Gasteiger partial charge in [0.15, 0.2) is 5.65 Å². The van der Waals surface area contributed by atoms with E-state index in [1.165, 1.54) is 24.4 Å². The van der Waals surface area contributed by atoms with E-state index in [4.69, 9.17) is 0 Å². The summed E-state index contributed by atoms with van der Waals surface area (Å²) in [5, 5.41) is 11.4. The lowest BCUT2D eigenvalue weighted by Gasteiger charge is -2.07. The Morgan fingerprint density at radius 2 is 1.78 bits per heavy atom. The van der Waals surface area contributed by atoms with Gasteiger partial charge in [-0.3, -0.25) is 10.1 Å². The zero-order valence-electron chi connectivity index (χ0n) is 12.4. The zero-order chi connectivity index (χ0) is 16.8. The Morgan fingerprint density at radius 3 is 2.39 bits per heavy atom. The number of hydrogen-bond acceptors (Lipinski definition) is 5. The number of nitro groups is 1. The van der Waals surface area contributed by atoms with E-state index in [0.717, 1.165) is 15.7 Å². The first kappa shape index (κ1) is 15.2. The van der Waals surface area contributed by atoms with E-state index in [2.05, 4.69) is 4.98 Å². The minimum absolute atomic E-state index is 0.136. The monoisotopic (exact) mass is 331 g/mol. The second-order valence-electron chi connectivity index (χ2n) is 5.19. The first-order valence-corrected chi connectivity index (χ1v) is 8.19. The fourth-order valence-electron chi connectivity index (χ4n) is 2.38. The number of pyridine rings is 1. The lowest BCUT2D eigenvalue weighted by Crippen LogP contribution is -2.12. The van der Waals surface area contributed by atoms with E-state index in [9.17, 15) is 18.5 Å². The smallest absolute Gasteiger partial charge is 0.258 e. The van der Waals surface area contributed by atoms with E-state index in [1.807, 2.05) is 6.92 Å². The topological polar surface area (TPSA) is 95.1 Å². The average Bonchev–Trinajstić information content (AvgIpc) is 2.93. The van der Waals surface area contributed by atoms with Gasteiger partial charge in [0.2, 0.25) is 0 Å². The summed E-state index contributed by atoms with van der Waals surface area (Å²) < 4.78 is 26.5. The van der Waals surface area contributed by atoms with E-state index in [0.29, 0.717) is 10.9 Å². The maximum absolute atomic E-state index is 12.7. The molecule has 0 atom stereocenters. The second kappa shape index (κ2) is 5.17. The molecule has 118 valence electrons. The highest BCUT2D eigenvalue weighted by atomic mass is 32.2. The molecule has 0 N–H and O–H groups in total. The van der Waals surface area contributed by atoms with Crippen LogP contribution in [0.15, 0.2) is 47.6 Å². The summed E-state index contributed by atoms with van der Waals surface area (Å²) in [6.45, 7) is 3.44. The summed E-state index contributed by atoms with van der Waals surface area (Å²) in [7, 11) is -3.80. The van der Waals surface area contributed by atoms with Crippen molar-refractivity contribution in [1.29, 1.82) is 0 Å². The molecule has 0 amide bonds. The van der Waals surface area contributed by atoms with Gasteiger partial charge in [0.25, 0.3) is 15.7 Å².